The lowest BCUT2D eigenvalue weighted by atomic mass is 9.76. The van der Waals surface area contributed by atoms with E-state index in [-0.39, 0.29) is 5.41 Å². The molecule has 0 N–H and O–H groups in total. The Bertz CT molecular complexity index is 2820. The fourth-order valence-electron chi connectivity index (χ4n) is 9.30. The van der Waals surface area contributed by atoms with E-state index in [1.165, 1.54) is 64.3 Å². The third-order valence-corrected chi connectivity index (χ3v) is 11.8. The van der Waals surface area contributed by atoms with Crippen LogP contribution in [0.3, 0.4) is 0 Å². The van der Waals surface area contributed by atoms with E-state index in [1.54, 1.807) is 0 Å². The Morgan fingerprint density at radius 1 is 0.358 bits per heavy atom. The molecule has 1 spiro atoms. The van der Waals surface area contributed by atoms with Gasteiger partial charge < -0.3 is 0 Å². The number of fused-ring (bicyclic) bond motifs is 8. The third-order valence-electron chi connectivity index (χ3n) is 11.8. The van der Waals surface area contributed by atoms with Crippen LogP contribution in [0, 0.1) is 0 Å². The molecule has 1 fully saturated rings. The largest absolute Gasteiger partial charge is 0.208 e. The second kappa shape index (κ2) is 11.8. The van der Waals surface area contributed by atoms with Gasteiger partial charge in [-0.25, -0.2) is 15.0 Å². The molecule has 0 atom stereocenters. The predicted octanol–water partition coefficient (Wildman–Crippen LogP) is 12.8. The van der Waals surface area contributed by atoms with Crippen molar-refractivity contribution in [1.29, 1.82) is 0 Å². The highest BCUT2D eigenvalue weighted by atomic mass is 15.0. The molecule has 8 aromatic carbocycles. The van der Waals surface area contributed by atoms with Gasteiger partial charge in [0, 0.05) is 22.1 Å². The van der Waals surface area contributed by atoms with Crippen LogP contribution in [0.5, 0.6) is 0 Å². The topological polar surface area (TPSA) is 38.7 Å². The molecule has 0 aliphatic heterocycles. The molecule has 1 saturated carbocycles. The van der Waals surface area contributed by atoms with E-state index in [0.29, 0.717) is 17.5 Å². The van der Waals surface area contributed by atoms with Crippen molar-refractivity contribution in [3.63, 3.8) is 0 Å². The standard InChI is InChI=1S/C50H35N3/c1-3-14-35-29-38(21-19-32(35)11-1)47-51-48(39-22-20-33-12-2-4-15-36(33)30-39)53-49(52-47)46-40-16-6-5-13-34(40)23-25-41(46)37-24-26-43-42-17-7-8-18-44(42)50(45(43)31-37)27-9-10-28-50/h1-8,11-26,29-31H,9-10,27-28H2. The van der Waals surface area contributed by atoms with Crippen molar-refractivity contribution >= 4 is 32.3 Å². The first kappa shape index (κ1) is 30.2. The van der Waals surface area contributed by atoms with Gasteiger partial charge in [-0.3, -0.25) is 0 Å². The van der Waals surface area contributed by atoms with Gasteiger partial charge in [0.1, 0.15) is 0 Å². The summed E-state index contributed by atoms with van der Waals surface area (Å²) in [7, 11) is 0. The van der Waals surface area contributed by atoms with E-state index in [1.807, 2.05) is 0 Å². The Labute approximate surface area is 308 Å². The molecule has 53 heavy (non-hydrogen) atoms. The molecule has 2 aliphatic carbocycles. The van der Waals surface area contributed by atoms with Crippen molar-refractivity contribution in [2.75, 3.05) is 0 Å². The van der Waals surface area contributed by atoms with Crippen LogP contribution in [0.15, 0.2) is 164 Å². The first-order valence-corrected chi connectivity index (χ1v) is 18.7. The van der Waals surface area contributed by atoms with Crippen LogP contribution in [-0.2, 0) is 5.41 Å². The third kappa shape index (κ3) is 4.77. The van der Waals surface area contributed by atoms with Crippen LogP contribution < -0.4 is 0 Å². The van der Waals surface area contributed by atoms with E-state index in [0.717, 1.165) is 43.8 Å². The molecule has 0 amide bonds. The highest BCUT2D eigenvalue weighted by Gasteiger charge is 2.45. The second-order valence-electron chi connectivity index (χ2n) is 14.7. The van der Waals surface area contributed by atoms with Crippen LogP contribution in [0.4, 0.5) is 0 Å². The van der Waals surface area contributed by atoms with Crippen LogP contribution in [-0.4, -0.2) is 15.0 Å². The van der Waals surface area contributed by atoms with Crippen molar-refractivity contribution in [1.82, 2.24) is 15.0 Å². The Balaban J connectivity index is 1.16. The summed E-state index contributed by atoms with van der Waals surface area (Å²) in [6, 6.07) is 59.3. The molecule has 0 radical (unpaired) electrons. The predicted molar refractivity (Wildman–Crippen MR) is 219 cm³/mol. The van der Waals surface area contributed by atoms with Gasteiger partial charge in [-0.2, -0.15) is 0 Å². The number of rotatable bonds is 4. The van der Waals surface area contributed by atoms with Crippen molar-refractivity contribution in [2.24, 2.45) is 0 Å². The first-order chi connectivity index (χ1) is 26.2. The number of aromatic nitrogens is 3. The van der Waals surface area contributed by atoms with Gasteiger partial charge in [0.15, 0.2) is 17.5 Å². The minimum Gasteiger partial charge on any atom is -0.208 e. The van der Waals surface area contributed by atoms with Gasteiger partial charge in [0.05, 0.1) is 0 Å². The molecule has 250 valence electrons. The lowest BCUT2D eigenvalue weighted by Crippen LogP contribution is -2.20. The Morgan fingerprint density at radius 2 is 0.868 bits per heavy atom. The van der Waals surface area contributed by atoms with Gasteiger partial charge in [0.25, 0.3) is 0 Å². The normalized spacial score (nSPS) is 14.3. The van der Waals surface area contributed by atoms with Crippen molar-refractivity contribution < 1.29 is 0 Å². The van der Waals surface area contributed by atoms with Gasteiger partial charge >= 0.3 is 0 Å². The SMILES string of the molecule is c1ccc2c(c1)-c1ccc(-c3ccc4ccccc4c3-c3nc(-c4ccc5ccccc5c4)nc(-c4ccc5ccccc5c4)n3)cc1C21CCCC1. The molecule has 0 saturated heterocycles. The zero-order chi connectivity index (χ0) is 34.9. The Kier molecular flexibility index (Phi) is 6.72. The van der Waals surface area contributed by atoms with Crippen LogP contribution >= 0.6 is 0 Å². The lowest BCUT2D eigenvalue weighted by molar-refractivity contribution is 0.550. The second-order valence-corrected chi connectivity index (χ2v) is 14.7. The molecule has 2 aliphatic rings. The minimum absolute atomic E-state index is 0.0820. The monoisotopic (exact) mass is 677 g/mol. The van der Waals surface area contributed by atoms with Gasteiger partial charge in [-0.1, -0.05) is 158 Å². The maximum absolute atomic E-state index is 5.36. The maximum atomic E-state index is 5.36. The van der Waals surface area contributed by atoms with Crippen LogP contribution in [0.1, 0.15) is 36.8 Å². The molecular weight excluding hydrogens is 643 g/mol. The van der Waals surface area contributed by atoms with E-state index in [9.17, 15) is 0 Å². The molecule has 1 heterocycles. The number of hydrogen-bond acceptors (Lipinski definition) is 3. The molecule has 1 aromatic heterocycles. The van der Waals surface area contributed by atoms with Crippen LogP contribution in [0.2, 0.25) is 0 Å². The van der Waals surface area contributed by atoms with E-state index in [2.05, 4.69) is 164 Å². The smallest absolute Gasteiger partial charge is 0.165 e. The summed E-state index contributed by atoms with van der Waals surface area (Å²) < 4.78 is 0. The summed E-state index contributed by atoms with van der Waals surface area (Å²) in [6.07, 6.45) is 4.92. The first-order valence-electron chi connectivity index (χ1n) is 18.7. The summed E-state index contributed by atoms with van der Waals surface area (Å²) in [4.78, 5) is 15.9. The summed E-state index contributed by atoms with van der Waals surface area (Å²) in [6.45, 7) is 0. The summed E-state index contributed by atoms with van der Waals surface area (Å²) in [5.41, 5.74) is 11.1. The number of nitrogens with zero attached hydrogens (tertiary/aromatic N) is 3. The van der Waals surface area contributed by atoms with Gasteiger partial charge in [-0.05, 0) is 96.7 Å². The van der Waals surface area contributed by atoms with E-state index >= 15 is 0 Å². The van der Waals surface area contributed by atoms with Crippen molar-refractivity contribution in [3.05, 3.63) is 175 Å². The quantitative estimate of drug-likeness (QED) is 0.186. The average molecular weight is 678 g/mol. The molecule has 11 rings (SSSR count). The molecule has 9 aromatic rings. The fourth-order valence-corrected chi connectivity index (χ4v) is 9.30. The molecule has 0 bridgehead atoms. The van der Waals surface area contributed by atoms with E-state index < -0.39 is 0 Å². The zero-order valence-corrected chi connectivity index (χ0v) is 29.3. The molecular formula is C50H35N3. The van der Waals surface area contributed by atoms with Crippen molar-refractivity contribution in [3.8, 4) is 56.4 Å². The van der Waals surface area contributed by atoms with Crippen molar-refractivity contribution in [2.45, 2.75) is 31.1 Å². The summed E-state index contributed by atoms with van der Waals surface area (Å²) in [5, 5.41) is 6.98. The maximum Gasteiger partial charge on any atom is 0.165 e. The Morgan fingerprint density at radius 3 is 1.57 bits per heavy atom. The van der Waals surface area contributed by atoms with Gasteiger partial charge in [-0.15, -0.1) is 0 Å². The lowest BCUT2D eigenvalue weighted by Gasteiger charge is -2.27. The van der Waals surface area contributed by atoms with Crippen LogP contribution in [0.25, 0.3) is 88.7 Å². The molecule has 3 nitrogen and oxygen atoms in total. The van der Waals surface area contributed by atoms with Gasteiger partial charge in [0.2, 0.25) is 0 Å². The molecule has 3 heteroatoms. The highest BCUT2D eigenvalue weighted by Crippen LogP contribution is 2.57. The zero-order valence-electron chi connectivity index (χ0n) is 29.3. The fraction of sp³-hybridized carbons (Fsp3) is 0.100. The van der Waals surface area contributed by atoms with E-state index in [4.69, 9.17) is 15.0 Å². The summed E-state index contributed by atoms with van der Waals surface area (Å²) >= 11 is 0. The molecule has 0 unspecified atom stereocenters. The number of hydrogen-bond donors (Lipinski definition) is 0. The summed E-state index contributed by atoms with van der Waals surface area (Å²) in [5.74, 6) is 2.01. The number of benzene rings is 8. The average Bonchev–Trinajstić information content (AvgIpc) is 3.83. The Hall–Kier alpha value is -6.45. The highest BCUT2D eigenvalue weighted by molar-refractivity contribution is 6.03. The minimum atomic E-state index is 0.0820.